The van der Waals surface area contributed by atoms with Crippen LogP contribution in [0.3, 0.4) is 0 Å². The van der Waals surface area contributed by atoms with Crippen molar-refractivity contribution < 1.29 is 5.11 Å². The van der Waals surface area contributed by atoms with Crippen LogP contribution < -0.4 is 0 Å². The van der Waals surface area contributed by atoms with Gasteiger partial charge in [0.1, 0.15) is 0 Å². The lowest BCUT2D eigenvalue weighted by Crippen LogP contribution is -2.65. The third-order valence-electron chi connectivity index (χ3n) is 13.7. The van der Waals surface area contributed by atoms with Crippen LogP contribution in [0.15, 0.2) is 11.6 Å². The van der Waals surface area contributed by atoms with E-state index < -0.39 is 0 Å². The van der Waals surface area contributed by atoms with Crippen LogP contribution in [-0.4, -0.2) is 11.2 Å². The van der Waals surface area contributed by atoms with Crippen LogP contribution in [0.25, 0.3) is 0 Å². The van der Waals surface area contributed by atoms with Crippen molar-refractivity contribution in [2.24, 2.45) is 49.7 Å². The second-order valence-corrected chi connectivity index (χ2v) is 15.9. The predicted octanol–water partition coefficient (Wildman–Crippen LogP) is 8.56. The molecule has 5 rings (SSSR count). The highest BCUT2D eigenvalue weighted by Crippen LogP contribution is 2.78. The van der Waals surface area contributed by atoms with Crippen LogP contribution >= 0.6 is 0 Å². The molecule has 0 heterocycles. The molecule has 1 heteroatoms. The molecule has 0 aliphatic heterocycles. The minimum atomic E-state index is -0.128. The van der Waals surface area contributed by atoms with Gasteiger partial charge in [0.05, 0.1) is 6.10 Å². The van der Waals surface area contributed by atoms with Gasteiger partial charge in [-0.25, -0.2) is 0 Å². The first-order chi connectivity index (χ1) is 14.6. The first kappa shape index (κ1) is 23.4. The summed E-state index contributed by atoms with van der Waals surface area (Å²) in [6, 6.07) is 0. The zero-order chi connectivity index (χ0) is 23.6. The molecule has 0 aromatic carbocycles. The molecule has 0 amide bonds. The van der Waals surface area contributed by atoms with Gasteiger partial charge in [0.25, 0.3) is 0 Å². The molecule has 1 nitrogen and oxygen atoms in total. The number of fused-ring (bicyclic) bond motifs is 7. The molecule has 0 radical (unpaired) electrons. The van der Waals surface area contributed by atoms with Crippen LogP contribution in [0.4, 0.5) is 0 Å². The van der Waals surface area contributed by atoms with Crippen LogP contribution in [0.1, 0.15) is 127 Å². The van der Waals surface area contributed by atoms with Crippen molar-refractivity contribution in [1.29, 1.82) is 0 Å². The van der Waals surface area contributed by atoms with E-state index in [1.165, 1.54) is 57.8 Å². The SMILES string of the molecule is CC1(C)CC[C@]2(C)CC=C3[C@]4(C)CC[C@H]5C(C)(C)[C@@H](O)CC[C@]5(C)[C@H]4CC[C@@]3(C)[C@]2(C)C1. The minimum absolute atomic E-state index is 0.0496. The van der Waals surface area contributed by atoms with Crippen molar-refractivity contribution in [2.75, 3.05) is 0 Å². The van der Waals surface area contributed by atoms with Gasteiger partial charge in [0.15, 0.2) is 0 Å². The van der Waals surface area contributed by atoms with Crippen molar-refractivity contribution in [3.63, 3.8) is 0 Å². The summed E-state index contributed by atoms with van der Waals surface area (Å²) in [6.45, 7) is 23.2. The molecule has 0 spiro atoms. The Labute approximate surface area is 199 Å². The van der Waals surface area contributed by atoms with Gasteiger partial charge in [-0.15, -0.1) is 0 Å². The Morgan fingerprint density at radius 2 is 1.41 bits per heavy atom. The normalized spacial score (nSPS) is 56.2. The Balaban J connectivity index is 1.59. The maximum Gasteiger partial charge on any atom is 0.0594 e. The van der Waals surface area contributed by atoms with Crippen LogP contribution in [0.2, 0.25) is 0 Å². The molecule has 0 bridgehead atoms. The van der Waals surface area contributed by atoms with E-state index in [2.05, 4.69) is 68.4 Å². The zero-order valence-corrected chi connectivity index (χ0v) is 22.8. The summed E-state index contributed by atoms with van der Waals surface area (Å²) >= 11 is 0. The first-order valence-corrected chi connectivity index (χ1v) is 14.0. The Kier molecular flexibility index (Phi) is 4.74. The number of aliphatic hydroxyl groups excluding tert-OH is 1. The van der Waals surface area contributed by atoms with E-state index in [4.69, 9.17) is 0 Å². The van der Waals surface area contributed by atoms with Gasteiger partial charge in [-0.3, -0.25) is 0 Å². The lowest BCUT2D eigenvalue weighted by Gasteiger charge is -2.73. The average Bonchev–Trinajstić information content (AvgIpc) is 2.66. The van der Waals surface area contributed by atoms with Gasteiger partial charge in [-0.1, -0.05) is 74.0 Å². The Hall–Kier alpha value is -0.300. The van der Waals surface area contributed by atoms with E-state index in [9.17, 15) is 5.11 Å². The smallest absolute Gasteiger partial charge is 0.0594 e. The van der Waals surface area contributed by atoms with Gasteiger partial charge < -0.3 is 5.11 Å². The topological polar surface area (TPSA) is 20.2 Å². The second-order valence-electron chi connectivity index (χ2n) is 15.9. The Bertz CT molecular complexity index is 835. The highest BCUT2D eigenvalue weighted by molar-refractivity contribution is 5.37. The number of allylic oxidation sites excluding steroid dienone is 2. The maximum atomic E-state index is 10.9. The number of aliphatic hydroxyl groups is 1. The van der Waals surface area contributed by atoms with E-state index in [1.807, 2.05) is 5.57 Å². The largest absolute Gasteiger partial charge is 0.393 e. The summed E-state index contributed by atoms with van der Waals surface area (Å²) < 4.78 is 0. The minimum Gasteiger partial charge on any atom is -0.393 e. The van der Waals surface area contributed by atoms with Crippen LogP contribution in [-0.2, 0) is 0 Å². The van der Waals surface area contributed by atoms with E-state index in [1.54, 1.807) is 0 Å². The lowest BCUT2D eigenvalue weighted by molar-refractivity contribution is -0.198. The number of hydrogen-bond acceptors (Lipinski definition) is 1. The summed E-state index contributed by atoms with van der Waals surface area (Å²) in [6.07, 6.45) is 15.7. The van der Waals surface area contributed by atoms with Crippen molar-refractivity contribution in [2.45, 2.75) is 133 Å². The van der Waals surface area contributed by atoms with Crippen molar-refractivity contribution >= 4 is 0 Å². The van der Waals surface area contributed by atoms with Gasteiger partial charge in [-0.05, 0) is 114 Å². The van der Waals surface area contributed by atoms with Crippen molar-refractivity contribution in [3.8, 4) is 0 Å². The fraction of sp³-hybridized carbons (Fsp3) is 0.935. The van der Waals surface area contributed by atoms with Gasteiger partial charge >= 0.3 is 0 Å². The Morgan fingerprint density at radius 3 is 2.09 bits per heavy atom. The molecule has 0 aromatic heterocycles. The first-order valence-electron chi connectivity index (χ1n) is 14.0. The van der Waals surface area contributed by atoms with E-state index in [0.29, 0.717) is 38.4 Å². The van der Waals surface area contributed by atoms with Gasteiger partial charge in [-0.2, -0.15) is 0 Å². The lowest BCUT2D eigenvalue weighted by atomic mass is 9.31. The summed E-state index contributed by atoms with van der Waals surface area (Å²) in [5, 5.41) is 10.9. The second kappa shape index (κ2) is 6.47. The van der Waals surface area contributed by atoms with Crippen LogP contribution in [0, 0.1) is 49.7 Å². The highest BCUT2D eigenvalue weighted by Gasteiger charge is 2.69. The van der Waals surface area contributed by atoms with E-state index in [-0.39, 0.29) is 11.5 Å². The zero-order valence-electron chi connectivity index (χ0n) is 22.8. The summed E-state index contributed by atoms with van der Waals surface area (Å²) in [5.41, 5.74) is 4.24. The fourth-order valence-corrected chi connectivity index (χ4v) is 11.4. The molecule has 8 atom stereocenters. The standard InChI is InChI=1S/C31H52O/c1-25(2)18-19-27(5)14-10-23-29(7)15-11-21-26(3,4)24(32)13-16-28(21,6)22(29)12-17-30(23,8)31(27,9)20-25/h10,21-22,24,32H,11-20H2,1-9H3/t21-,22+,24-,27-,28-,29+,30+,31+/m0/s1. The van der Waals surface area contributed by atoms with Gasteiger partial charge in [0, 0.05) is 0 Å². The maximum absolute atomic E-state index is 10.9. The van der Waals surface area contributed by atoms with Crippen molar-refractivity contribution in [1.82, 2.24) is 0 Å². The average molecular weight is 441 g/mol. The molecule has 32 heavy (non-hydrogen) atoms. The molecule has 0 saturated heterocycles. The van der Waals surface area contributed by atoms with E-state index in [0.717, 1.165) is 12.3 Å². The molecule has 1 N–H and O–H groups in total. The van der Waals surface area contributed by atoms with Crippen molar-refractivity contribution in [3.05, 3.63) is 11.6 Å². The molecular weight excluding hydrogens is 388 g/mol. The summed E-state index contributed by atoms with van der Waals surface area (Å²) in [4.78, 5) is 0. The third-order valence-corrected chi connectivity index (χ3v) is 13.7. The predicted molar refractivity (Wildman–Crippen MR) is 135 cm³/mol. The molecule has 5 aliphatic rings. The quantitative estimate of drug-likeness (QED) is 0.374. The molecule has 0 unspecified atom stereocenters. The van der Waals surface area contributed by atoms with E-state index >= 15 is 0 Å². The fourth-order valence-electron chi connectivity index (χ4n) is 11.4. The monoisotopic (exact) mass is 440 g/mol. The highest BCUT2D eigenvalue weighted by atomic mass is 16.3. The molecule has 0 aromatic rings. The molecular formula is C31H52O. The number of hydrogen-bond donors (Lipinski definition) is 1. The van der Waals surface area contributed by atoms with Gasteiger partial charge in [0.2, 0.25) is 0 Å². The van der Waals surface area contributed by atoms with Crippen LogP contribution in [0.5, 0.6) is 0 Å². The number of rotatable bonds is 0. The Morgan fingerprint density at radius 1 is 0.750 bits per heavy atom. The molecule has 182 valence electrons. The summed E-state index contributed by atoms with van der Waals surface area (Å²) in [7, 11) is 0. The summed E-state index contributed by atoms with van der Waals surface area (Å²) in [5.74, 6) is 1.42. The molecule has 4 saturated carbocycles. The molecule has 4 fully saturated rings. The molecule has 5 aliphatic carbocycles. The third kappa shape index (κ3) is 2.62.